The van der Waals surface area contributed by atoms with E-state index in [1.54, 1.807) is 36.4 Å². The number of imide groups is 1. The number of nitrogens with one attached hydrogen (secondary N) is 1. The Kier molecular flexibility index (Phi) is 5.68. The largest absolute Gasteiger partial charge is 0.573 e. The van der Waals surface area contributed by atoms with Crippen molar-refractivity contribution in [2.24, 2.45) is 0 Å². The molecule has 1 aliphatic heterocycles. The zero-order valence-corrected chi connectivity index (χ0v) is 17.7. The Hall–Kier alpha value is -4.07. The SMILES string of the molecule is Cc1ccc(C2=C(Nc3ccc(OC(F)(F)F)cc3)C(=O)N(c3ccccc3)C2=O)c(C)c1. The van der Waals surface area contributed by atoms with E-state index in [0.717, 1.165) is 28.2 Å². The second kappa shape index (κ2) is 8.46. The molecule has 4 rings (SSSR count). The number of carbonyl (C=O) groups is 2. The van der Waals surface area contributed by atoms with E-state index in [0.29, 0.717) is 16.9 Å². The first kappa shape index (κ1) is 22.1. The van der Waals surface area contributed by atoms with Gasteiger partial charge in [-0.15, -0.1) is 13.2 Å². The molecule has 0 saturated heterocycles. The summed E-state index contributed by atoms with van der Waals surface area (Å²) >= 11 is 0. The van der Waals surface area contributed by atoms with Crippen molar-refractivity contribution in [2.75, 3.05) is 10.2 Å². The van der Waals surface area contributed by atoms with Gasteiger partial charge in [0.05, 0.1) is 11.3 Å². The third-order valence-corrected chi connectivity index (χ3v) is 5.11. The smallest absolute Gasteiger partial charge is 0.406 e. The van der Waals surface area contributed by atoms with Crippen LogP contribution in [0.25, 0.3) is 5.57 Å². The highest BCUT2D eigenvalue weighted by Crippen LogP contribution is 2.35. The maximum absolute atomic E-state index is 13.4. The number of alkyl halides is 3. The van der Waals surface area contributed by atoms with Gasteiger partial charge in [-0.05, 0) is 61.4 Å². The third-order valence-electron chi connectivity index (χ3n) is 5.11. The van der Waals surface area contributed by atoms with Gasteiger partial charge in [-0.25, -0.2) is 4.90 Å². The van der Waals surface area contributed by atoms with Gasteiger partial charge >= 0.3 is 6.36 Å². The van der Waals surface area contributed by atoms with E-state index >= 15 is 0 Å². The molecule has 0 bridgehead atoms. The summed E-state index contributed by atoms with van der Waals surface area (Å²) in [6, 6.07) is 19.0. The molecule has 0 spiro atoms. The fraction of sp³-hybridized carbons (Fsp3) is 0.120. The van der Waals surface area contributed by atoms with Crippen molar-refractivity contribution >= 4 is 28.8 Å². The van der Waals surface area contributed by atoms with Crippen molar-refractivity contribution in [1.82, 2.24) is 0 Å². The summed E-state index contributed by atoms with van der Waals surface area (Å²) in [5.74, 6) is -1.44. The predicted molar refractivity (Wildman–Crippen MR) is 119 cm³/mol. The van der Waals surface area contributed by atoms with Crippen LogP contribution in [0.15, 0.2) is 78.5 Å². The number of carbonyl (C=O) groups excluding carboxylic acids is 2. The molecule has 0 atom stereocenters. The lowest BCUT2D eigenvalue weighted by Crippen LogP contribution is -2.32. The molecular weight excluding hydrogens is 433 g/mol. The molecule has 3 aromatic rings. The summed E-state index contributed by atoms with van der Waals surface area (Å²) in [7, 11) is 0. The van der Waals surface area contributed by atoms with Crippen LogP contribution < -0.4 is 15.0 Å². The molecule has 0 unspecified atom stereocenters. The molecule has 168 valence electrons. The molecule has 1 heterocycles. The third kappa shape index (κ3) is 4.59. The van der Waals surface area contributed by atoms with E-state index in [1.165, 1.54) is 12.1 Å². The molecule has 0 fully saturated rings. The summed E-state index contributed by atoms with van der Waals surface area (Å²) in [6.07, 6.45) is -4.81. The number of anilines is 2. The molecule has 5 nitrogen and oxygen atoms in total. The van der Waals surface area contributed by atoms with Crippen molar-refractivity contribution in [1.29, 1.82) is 0 Å². The van der Waals surface area contributed by atoms with Crippen LogP contribution in [-0.4, -0.2) is 18.2 Å². The number of rotatable bonds is 5. The second-order valence-corrected chi connectivity index (χ2v) is 7.55. The van der Waals surface area contributed by atoms with Crippen LogP contribution in [0.4, 0.5) is 24.5 Å². The predicted octanol–water partition coefficient (Wildman–Crippen LogP) is 5.60. The zero-order valence-electron chi connectivity index (χ0n) is 17.7. The average molecular weight is 452 g/mol. The van der Waals surface area contributed by atoms with Crippen molar-refractivity contribution in [3.05, 3.63) is 95.2 Å². The van der Waals surface area contributed by atoms with E-state index in [2.05, 4.69) is 10.1 Å². The lowest BCUT2D eigenvalue weighted by Gasteiger charge is -2.15. The van der Waals surface area contributed by atoms with Crippen molar-refractivity contribution < 1.29 is 27.5 Å². The Morgan fingerprint density at radius 1 is 0.848 bits per heavy atom. The van der Waals surface area contributed by atoms with E-state index < -0.39 is 23.9 Å². The molecule has 33 heavy (non-hydrogen) atoms. The molecule has 3 aromatic carbocycles. The average Bonchev–Trinajstić information content (AvgIpc) is 2.99. The fourth-order valence-corrected chi connectivity index (χ4v) is 3.69. The highest BCUT2D eigenvalue weighted by atomic mass is 19.4. The molecule has 0 radical (unpaired) electrons. The quantitative estimate of drug-likeness (QED) is 0.512. The molecule has 0 aromatic heterocycles. The van der Waals surface area contributed by atoms with E-state index in [9.17, 15) is 22.8 Å². The van der Waals surface area contributed by atoms with Gasteiger partial charge < -0.3 is 10.1 Å². The van der Waals surface area contributed by atoms with Gasteiger partial charge in [0.1, 0.15) is 11.4 Å². The van der Waals surface area contributed by atoms with Crippen molar-refractivity contribution in [3.8, 4) is 5.75 Å². The van der Waals surface area contributed by atoms with Crippen LogP contribution >= 0.6 is 0 Å². The van der Waals surface area contributed by atoms with Crippen LogP contribution in [0, 0.1) is 13.8 Å². The standard InChI is InChI=1S/C25H19F3N2O3/c1-15-8-13-20(16(2)14-15)21-22(24(32)30(23(21)31)18-6-4-3-5-7-18)29-17-9-11-19(12-10-17)33-25(26,27)28/h3-14,29H,1-2H3. The molecule has 1 N–H and O–H groups in total. The topological polar surface area (TPSA) is 58.6 Å². The number of benzene rings is 3. The maximum atomic E-state index is 13.4. The van der Waals surface area contributed by atoms with Gasteiger partial charge in [-0.2, -0.15) is 0 Å². The van der Waals surface area contributed by atoms with E-state index in [-0.39, 0.29) is 11.3 Å². The molecule has 0 saturated carbocycles. The Bertz CT molecular complexity index is 1250. The van der Waals surface area contributed by atoms with Gasteiger partial charge in [0.15, 0.2) is 0 Å². The lowest BCUT2D eigenvalue weighted by atomic mass is 9.97. The summed E-state index contributed by atoms with van der Waals surface area (Å²) in [6.45, 7) is 3.77. The lowest BCUT2D eigenvalue weighted by molar-refractivity contribution is -0.274. The summed E-state index contributed by atoms with van der Waals surface area (Å²) < 4.78 is 41.2. The van der Waals surface area contributed by atoms with Crippen LogP contribution in [0.5, 0.6) is 5.75 Å². The number of halogens is 3. The summed E-state index contributed by atoms with van der Waals surface area (Å²) in [4.78, 5) is 27.9. The fourth-order valence-electron chi connectivity index (χ4n) is 3.69. The Morgan fingerprint density at radius 3 is 2.12 bits per heavy atom. The normalized spacial score (nSPS) is 14.2. The molecule has 1 aliphatic rings. The van der Waals surface area contributed by atoms with Gasteiger partial charge in [0.2, 0.25) is 0 Å². The number of aryl methyl sites for hydroxylation is 2. The van der Waals surface area contributed by atoms with Gasteiger partial charge in [0, 0.05) is 5.69 Å². The first-order valence-corrected chi connectivity index (χ1v) is 10.0. The first-order valence-electron chi connectivity index (χ1n) is 10.0. The molecule has 2 amide bonds. The number of ether oxygens (including phenoxy) is 1. The summed E-state index contributed by atoms with van der Waals surface area (Å²) in [5, 5.41) is 2.93. The second-order valence-electron chi connectivity index (χ2n) is 7.55. The van der Waals surface area contributed by atoms with Crippen LogP contribution in [0.1, 0.15) is 16.7 Å². The van der Waals surface area contributed by atoms with E-state index in [4.69, 9.17) is 0 Å². The number of hydrogen-bond donors (Lipinski definition) is 1. The van der Waals surface area contributed by atoms with Crippen LogP contribution in [-0.2, 0) is 9.59 Å². The minimum Gasteiger partial charge on any atom is -0.406 e. The van der Waals surface area contributed by atoms with Gasteiger partial charge in [-0.3, -0.25) is 9.59 Å². The summed E-state index contributed by atoms with van der Waals surface area (Å²) in [5.41, 5.74) is 3.39. The van der Waals surface area contributed by atoms with Gasteiger partial charge in [-0.1, -0.05) is 42.0 Å². The molecule has 0 aliphatic carbocycles. The monoisotopic (exact) mass is 452 g/mol. The Morgan fingerprint density at radius 2 is 1.52 bits per heavy atom. The number of para-hydroxylation sites is 1. The van der Waals surface area contributed by atoms with E-state index in [1.807, 2.05) is 26.0 Å². The van der Waals surface area contributed by atoms with Crippen molar-refractivity contribution in [3.63, 3.8) is 0 Å². The highest BCUT2D eigenvalue weighted by Gasteiger charge is 2.40. The minimum absolute atomic E-state index is 0.0419. The maximum Gasteiger partial charge on any atom is 0.573 e. The first-order chi connectivity index (χ1) is 15.6. The number of hydrogen-bond acceptors (Lipinski definition) is 4. The van der Waals surface area contributed by atoms with Crippen LogP contribution in [0.2, 0.25) is 0 Å². The molecular formula is C25H19F3N2O3. The Labute approximate surface area is 188 Å². The Balaban J connectivity index is 1.76. The number of amides is 2. The van der Waals surface area contributed by atoms with Crippen molar-refractivity contribution in [2.45, 2.75) is 20.2 Å². The minimum atomic E-state index is -4.81. The highest BCUT2D eigenvalue weighted by molar-refractivity contribution is 6.46. The molecule has 8 heteroatoms. The zero-order chi connectivity index (χ0) is 23.8. The number of nitrogens with zero attached hydrogens (tertiary/aromatic N) is 1. The van der Waals surface area contributed by atoms with Gasteiger partial charge in [0.25, 0.3) is 11.8 Å². The van der Waals surface area contributed by atoms with Crippen LogP contribution in [0.3, 0.4) is 0 Å².